The van der Waals surface area contributed by atoms with E-state index in [-0.39, 0.29) is 0 Å². The Hall–Kier alpha value is -1.94. The Kier molecular flexibility index (Phi) is 3.17. The molecule has 0 atom stereocenters. The van der Waals surface area contributed by atoms with E-state index in [9.17, 15) is 0 Å². The molecule has 0 aliphatic carbocycles. The molecule has 2 heterocycles. The summed E-state index contributed by atoms with van der Waals surface area (Å²) >= 11 is 1.77. The average Bonchev–Trinajstić information content (AvgIpc) is 2.83. The summed E-state index contributed by atoms with van der Waals surface area (Å²) in [6, 6.07) is 12.1. The van der Waals surface area contributed by atoms with E-state index in [0.29, 0.717) is 0 Å². The van der Waals surface area contributed by atoms with Crippen LogP contribution in [0.5, 0.6) is 0 Å². The highest BCUT2D eigenvalue weighted by Crippen LogP contribution is 2.23. The summed E-state index contributed by atoms with van der Waals surface area (Å²) in [6.45, 7) is 2.08. The Morgan fingerprint density at radius 2 is 2.00 bits per heavy atom. The molecule has 2 aromatic heterocycles. The van der Waals surface area contributed by atoms with E-state index in [2.05, 4.69) is 28.6 Å². The average molecular weight is 269 g/mol. The predicted molar refractivity (Wildman–Crippen MR) is 80.3 cm³/mol. The van der Waals surface area contributed by atoms with E-state index in [1.54, 1.807) is 11.8 Å². The second-order valence-corrected chi connectivity index (χ2v) is 5.56. The third-order valence-corrected chi connectivity index (χ3v) is 4.04. The molecule has 0 radical (unpaired) electrons. The van der Waals surface area contributed by atoms with Crippen LogP contribution in [0.25, 0.3) is 5.65 Å². The first kappa shape index (κ1) is 12.1. The largest absolute Gasteiger partial charge is 0.399 e. The van der Waals surface area contributed by atoms with E-state index >= 15 is 0 Å². The van der Waals surface area contributed by atoms with Crippen molar-refractivity contribution >= 4 is 23.1 Å². The minimum atomic E-state index is 0.799. The van der Waals surface area contributed by atoms with Gasteiger partial charge in [-0.2, -0.15) is 0 Å². The summed E-state index contributed by atoms with van der Waals surface area (Å²) < 4.78 is 2.08. The van der Waals surface area contributed by atoms with Crippen molar-refractivity contribution in [3.63, 3.8) is 0 Å². The quantitative estimate of drug-likeness (QED) is 0.584. The number of anilines is 1. The van der Waals surface area contributed by atoms with Crippen molar-refractivity contribution in [3.05, 3.63) is 60.0 Å². The van der Waals surface area contributed by atoms with E-state index < -0.39 is 0 Å². The van der Waals surface area contributed by atoms with Crippen molar-refractivity contribution in [3.8, 4) is 0 Å². The van der Waals surface area contributed by atoms with Crippen molar-refractivity contribution < 1.29 is 0 Å². The van der Waals surface area contributed by atoms with Gasteiger partial charge in [0.2, 0.25) is 0 Å². The van der Waals surface area contributed by atoms with Gasteiger partial charge in [-0.3, -0.25) is 0 Å². The number of fused-ring (bicyclic) bond motifs is 1. The highest BCUT2D eigenvalue weighted by atomic mass is 32.2. The number of rotatable bonds is 3. The maximum atomic E-state index is 5.68. The maximum Gasteiger partial charge on any atom is 0.139 e. The first-order valence-electron chi connectivity index (χ1n) is 6.14. The molecular weight excluding hydrogens is 254 g/mol. The van der Waals surface area contributed by atoms with Crippen LogP contribution in [0.3, 0.4) is 0 Å². The topological polar surface area (TPSA) is 43.3 Å². The number of aromatic nitrogens is 2. The molecule has 0 aliphatic heterocycles. The number of hydrogen-bond acceptors (Lipinski definition) is 3. The molecule has 0 unspecified atom stereocenters. The van der Waals surface area contributed by atoms with Gasteiger partial charge in [-0.25, -0.2) is 4.98 Å². The van der Waals surface area contributed by atoms with Crippen LogP contribution in [0.4, 0.5) is 5.69 Å². The number of pyridine rings is 1. The van der Waals surface area contributed by atoms with Gasteiger partial charge in [-0.1, -0.05) is 6.07 Å². The Balaban J connectivity index is 1.78. The van der Waals surface area contributed by atoms with Gasteiger partial charge in [0.15, 0.2) is 0 Å². The SMILES string of the molecule is Cc1cccn2cc(CSc3ccc(N)cc3)nc12. The zero-order valence-electron chi connectivity index (χ0n) is 10.7. The lowest BCUT2D eigenvalue weighted by Crippen LogP contribution is -1.84. The summed E-state index contributed by atoms with van der Waals surface area (Å²) in [4.78, 5) is 5.87. The molecule has 0 saturated carbocycles. The fourth-order valence-corrected chi connectivity index (χ4v) is 2.78. The van der Waals surface area contributed by atoms with Gasteiger partial charge in [0.05, 0.1) is 5.69 Å². The molecule has 0 fully saturated rings. The molecule has 19 heavy (non-hydrogen) atoms. The molecule has 0 saturated heterocycles. The Morgan fingerprint density at radius 1 is 1.21 bits per heavy atom. The van der Waals surface area contributed by atoms with E-state index in [0.717, 1.165) is 22.8 Å². The normalized spacial score (nSPS) is 11.0. The van der Waals surface area contributed by atoms with Gasteiger partial charge >= 0.3 is 0 Å². The lowest BCUT2D eigenvalue weighted by atomic mass is 10.3. The molecular formula is C15H15N3S. The van der Waals surface area contributed by atoms with Gasteiger partial charge in [0.25, 0.3) is 0 Å². The molecule has 3 aromatic rings. The number of benzene rings is 1. The van der Waals surface area contributed by atoms with Gasteiger partial charge < -0.3 is 10.1 Å². The summed E-state index contributed by atoms with van der Waals surface area (Å²) in [6.07, 6.45) is 4.12. The van der Waals surface area contributed by atoms with Crippen LogP contribution in [-0.4, -0.2) is 9.38 Å². The molecule has 96 valence electrons. The summed E-state index contributed by atoms with van der Waals surface area (Å²) in [5.41, 5.74) is 9.81. The van der Waals surface area contributed by atoms with Crippen molar-refractivity contribution in [2.45, 2.75) is 17.6 Å². The van der Waals surface area contributed by atoms with Gasteiger partial charge in [-0.15, -0.1) is 11.8 Å². The maximum absolute atomic E-state index is 5.68. The highest BCUT2D eigenvalue weighted by molar-refractivity contribution is 7.98. The van der Waals surface area contributed by atoms with Crippen LogP contribution < -0.4 is 5.73 Å². The second kappa shape index (κ2) is 4.97. The van der Waals surface area contributed by atoms with E-state index in [4.69, 9.17) is 5.73 Å². The zero-order chi connectivity index (χ0) is 13.2. The predicted octanol–water partition coefficient (Wildman–Crippen LogP) is 3.52. The van der Waals surface area contributed by atoms with Crippen LogP contribution in [0, 0.1) is 6.92 Å². The Morgan fingerprint density at radius 3 is 2.74 bits per heavy atom. The monoisotopic (exact) mass is 269 g/mol. The van der Waals surface area contributed by atoms with Gasteiger partial charge in [0, 0.05) is 28.7 Å². The number of nitrogens with zero attached hydrogens (tertiary/aromatic N) is 2. The van der Waals surface area contributed by atoms with Gasteiger partial charge in [0.1, 0.15) is 5.65 Å². The summed E-state index contributed by atoms with van der Waals surface area (Å²) in [5, 5.41) is 0. The Bertz CT molecular complexity index is 701. The van der Waals surface area contributed by atoms with Crippen LogP contribution in [-0.2, 0) is 5.75 Å². The Labute approximate surface area is 116 Å². The molecule has 3 rings (SSSR count). The van der Waals surface area contributed by atoms with Crippen LogP contribution >= 0.6 is 11.8 Å². The lowest BCUT2D eigenvalue weighted by Gasteiger charge is -1.99. The standard InChI is InChI=1S/C15H15N3S/c1-11-3-2-8-18-9-13(17-15(11)18)10-19-14-6-4-12(16)5-7-14/h2-9H,10,16H2,1H3. The molecule has 0 amide bonds. The van der Waals surface area contributed by atoms with Crippen LogP contribution in [0.2, 0.25) is 0 Å². The molecule has 0 bridgehead atoms. The van der Waals surface area contributed by atoms with Crippen molar-refractivity contribution in [2.24, 2.45) is 0 Å². The van der Waals surface area contributed by atoms with E-state index in [1.165, 1.54) is 10.5 Å². The minimum Gasteiger partial charge on any atom is -0.399 e. The molecule has 0 spiro atoms. The first-order valence-corrected chi connectivity index (χ1v) is 7.12. The number of nitrogens with two attached hydrogens (primary N) is 1. The third kappa shape index (κ3) is 2.58. The minimum absolute atomic E-state index is 0.799. The number of nitrogen functional groups attached to an aromatic ring is 1. The molecule has 4 heteroatoms. The lowest BCUT2D eigenvalue weighted by molar-refractivity contribution is 1.16. The fourth-order valence-electron chi connectivity index (χ4n) is 2.00. The smallest absolute Gasteiger partial charge is 0.139 e. The highest BCUT2D eigenvalue weighted by Gasteiger charge is 2.04. The van der Waals surface area contributed by atoms with Gasteiger partial charge in [-0.05, 0) is 42.8 Å². The number of imidazole rings is 1. The van der Waals surface area contributed by atoms with Crippen molar-refractivity contribution in [1.82, 2.24) is 9.38 Å². The number of hydrogen-bond donors (Lipinski definition) is 1. The fraction of sp³-hybridized carbons (Fsp3) is 0.133. The third-order valence-electron chi connectivity index (χ3n) is 2.99. The molecule has 3 nitrogen and oxygen atoms in total. The molecule has 1 aromatic carbocycles. The second-order valence-electron chi connectivity index (χ2n) is 4.51. The van der Waals surface area contributed by atoms with Crippen molar-refractivity contribution in [1.29, 1.82) is 0 Å². The number of thioether (sulfide) groups is 1. The summed E-state index contributed by atoms with van der Waals surface area (Å²) in [7, 11) is 0. The van der Waals surface area contributed by atoms with Crippen LogP contribution in [0.1, 0.15) is 11.3 Å². The van der Waals surface area contributed by atoms with Crippen LogP contribution in [0.15, 0.2) is 53.7 Å². The zero-order valence-corrected chi connectivity index (χ0v) is 11.5. The van der Waals surface area contributed by atoms with Crippen molar-refractivity contribution in [2.75, 3.05) is 5.73 Å². The number of aryl methyl sites for hydroxylation is 1. The molecule has 2 N–H and O–H groups in total. The summed E-state index contributed by atoms with van der Waals surface area (Å²) in [5.74, 6) is 0.866. The molecule has 0 aliphatic rings. The van der Waals surface area contributed by atoms with E-state index in [1.807, 2.05) is 36.5 Å². The first-order chi connectivity index (χ1) is 9.22.